The molecule has 3 aromatic rings. The summed E-state index contributed by atoms with van der Waals surface area (Å²) in [6, 6.07) is 13.7. The van der Waals surface area contributed by atoms with Crippen LogP contribution in [0.2, 0.25) is 0 Å². The topological polar surface area (TPSA) is 86.9 Å². The molecule has 2 heterocycles. The fourth-order valence-corrected chi connectivity index (χ4v) is 2.69. The highest BCUT2D eigenvalue weighted by molar-refractivity contribution is 9.10. The highest BCUT2D eigenvalue weighted by atomic mass is 79.9. The molecule has 0 radical (unpaired) electrons. The summed E-state index contributed by atoms with van der Waals surface area (Å²) in [5.74, 6) is 1.25. The minimum atomic E-state index is -0.0360. The van der Waals surface area contributed by atoms with Crippen molar-refractivity contribution < 1.29 is 4.79 Å². The predicted molar refractivity (Wildman–Crippen MR) is 112 cm³/mol. The van der Waals surface area contributed by atoms with Gasteiger partial charge in [0.15, 0.2) is 17.4 Å². The van der Waals surface area contributed by atoms with Crippen LogP contribution in [0.5, 0.6) is 0 Å². The highest BCUT2D eigenvalue weighted by Crippen LogP contribution is 2.11. The summed E-state index contributed by atoms with van der Waals surface area (Å²) in [5, 5.41) is 14.6. The number of benzene rings is 1. The third kappa shape index (κ3) is 5.29. The van der Waals surface area contributed by atoms with Crippen LogP contribution in [0.4, 0.5) is 0 Å². The summed E-state index contributed by atoms with van der Waals surface area (Å²) < 4.78 is 2.93. The molecule has 28 heavy (non-hydrogen) atoms. The number of fused-ring (bicyclic) bond motifs is 1. The van der Waals surface area contributed by atoms with Crippen molar-refractivity contribution in [3.63, 3.8) is 0 Å². The highest BCUT2D eigenvalue weighted by Gasteiger charge is 2.08. The normalized spacial score (nSPS) is 11.5. The van der Waals surface area contributed by atoms with E-state index in [-0.39, 0.29) is 12.5 Å². The number of pyridine rings is 1. The van der Waals surface area contributed by atoms with Gasteiger partial charge in [-0.3, -0.25) is 9.20 Å². The maximum Gasteiger partial charge on any atom is 0.241 e. The first kappa shape index (κ1) is 19.8. The van der Waals surface area contributed by atoms with Crippen LogP contribution in [0.15, 0.2) is 58.1 Å². The molecule has 0 saturated heterocycles. The molecule has 146 valence electrons. The zero-order valence-corrected chi connectivity index (χ0v) is 17.3. The van der Waals surface area contributed by atoms with E-state index >= 15 is 0 Å². The van der Waals surface area contributed by atoms with E-state index in [1.165, 1.54) is 4.90 Å². The molecular formula is C19H22BrN7O. The number of nitrogens with zero attached hydrogens (tertiary/aromatic N) is 5. The SMILES string of the molecule is CN(C)C(=O)CNC(=NCc1ccc(Br)cc1)NCc1nnc2ccccn12. The molecule has 1 aromatic carbocycles. The first-order valence-electron chi connectivity index (χ1n) is 8.78. The lowest BCUT2D eigenvalue weighted by Gasteiger charge is -2.14. The largest absolute Gasteiger partial charge is 0.349 e. The third-order valence-corrected chi connectivity index (χ3v) is 4.57. The van der Waals surface area contributed by atoms with Crippen molar-refractivity contribution in [2.24, 2.45) is 4.99 Å². The summed E-state index contributed by atoms with van der Waals surface area (Å²) >= 11 is 3.43. The summed E-state index contributed by atoms with van der Waals surface area (Å²) in [6.07, 6.45) is 1.91. The van der Waals surface area contributed by atoms with Crippen molar-refractivity contribution >= 4 is 33.4 Å². The van der Waals surface area contributed by atoms with Crippen LogP contribution in [0.3, 0.4) is 0 Å². The van der Waals surface area contributed by atoms with E-state index in [9.17, 15) is 4.79 Å². The summed E-state index contributed by atoms with van der Waals surface area (Å²) in [6.45, 7) is 1.06. The maximum absolute atomic E-state index is 11.9. The molecule has 0 saturated carbocycles. The quantitative estimate of drug-likeness (QED) is 0.448. The second kappa shape index (κ2) is 9.32. The Morgan fingerprint density at radius 2 is 1.93 bits per heavy atom. The Balaban J connectivity index is 1.70. The standard InChI is InChI=1S/C19H22BrN7O/c1-26(2)18(28)13-23-19(21-11-14-6-8-15(20)9-7-14)22-12-17-25-24-16-5-3-4-10-27(16)17/h3-10H,11-13H2,1-2H3,(H2,21,22,23). The van der Waals surface area contributed by atoms with Crippen LogP contribution in [0.25, 0.3) is 5.65 Å². The number of halogens is 1. The van der Waals surface area contributed by atoms with Crippen molar-refractivity contribution in [2.75, 3.05) is 20.6 Å². The molecule has 9 heteroatoms. The summed E-state index contributed by atoms with van der Waals surface area (Å²) in [4.78, 5) is 18.0. The monoisotopic (exact) mass is 443 g/mol. The Hall–Kier alpha value is -2.94. The van der Waals surface area contributed by atoms with Gasteiger partial charge in [-0.25, -0.2) is 4.99 Å². The number of hydrogen-bond acceptors (Lipinski definition) is 4. The van der Waals surface area contributed by atoms with E-state index in [1.807, 2.05) is 53.1 Å². The number of likely N-dealkylation sites (N-methyl/N-ethyl adjacent to an activating group) is 1. The number of rotatable bonds is 6. The van der Waals surface area contributed by atoms with Gasteiger partial charge in [-0.05, 0) is 29.8 Å². The molecule has 3 rings (SSSR count). The minimum Gasteiger partial charge on any atom is -0.349 e. The van der Waals surface area contributed by atoms with E-state index in [2.05, 4.69) is 41.8 Å². The van der Waals surface area contributed by atoms with Gasteiger partial charge in [0, 0.05) is 24.8 Å². The Morgan fingerprint density at radius 3 is 2.68 bits per heavy atom. The van der Waals surface area contributed by atoms with Gasteiger partial charge in [-0.1, -0.05) is 34.1 Å². The lowest BCUT2D eigenvalue weighted by Crippen LogP contribution is -2.42. The fraction of sp³-hybridized carbons (Fsp3) is 0.263. The van der Waals surface area contributed by atoms with E-state index in [1.54, 1.807) is 14.1 Å². The molecule has 0 spiro atoms. The second-order valence-electron chi connectivity index (χ2n) is 6.33. The van der Waals surface area contributed by atoms with Gasteiger partial charge in [-0.15, -0.1) is 10.2 Å². The van der Waals surface area contributed by atoms with Gasteiger partial charge < -0.3 is 15.5 Å². The van der Waals surface area contributed by atoms with Crippen LogP contribution in [0, 0.1) is 0 Å². The molecule has 0 fully saturated rings. The van der Waals surface area contributed by atoms with Crippen molar-refractivity contribution in [2.45, 2.75) is 13.1 Å². The molecule has 2 aromatic heterocycles. The average molecular weight is 444 g/mol. The smallest absolute Gasteiger partial charge is 0.241 e. The lowest BCUT2D eigenvalue weighted by atomic mass is 10.2. The van der Waals surface area contributed by atoms with Crippen molar-refractivity contribution in [3.8, 4) is 0 Å². The molecule has 1 amide bonds. The number of aliphatic imine (C=N–C) groups is 1. The van der Waals surface area contributed by atoms with Crippen molar-refractivity contribution in [3.05, 3.63) is 64.5 Å². The van der Waals surface area contributed by atoms with Crippen LogP contribution < -0.4 is 10.6 Å². The number of hydrogen-bond donors (Lipinski definition) is 2. The third-order valence-electron chi connectivity index (χ3n) is 4.04. The minimum absolute atomic E-state index is 0.0360. The number of carbonyl (C=O) groups excluding carboxylic acids is 1. The zero-order chi connectivity index (χ0) is 19.9. The molecule has 8 nitrogen and oxygen atoms in total. The summed E-state index contributed by atoms with van der Waals surface area (Å²) in [7, 11) is 3.44. The van der Waals surface area contributed by atoms with E-state index in [4.69, 9.17) is 0 Å². The molecule has 0 bridgehead atoms. The van der Waals surface area contributed by atoms with Crippen molar-refractivity contribution in [1.29, 1.82) is 0 Å². The van der Waals surface area contributed by atoms with Gasteiger partial charge >= 0.3 is 0 Å². The molecule has 0 unspecified atom stereocenters. The molecule has 0 atom stereocenters. The van der Waals surface area contributed by atoms with E-state index in [0.717, 1.165) is 21.5 Å². The van der Waals surface area contributed by atoms with Crippen LogP contribution >= 0.6 is 15.9 Å². The van der Waals surface area contributed by atoms with E-state index < -0.39 is 0 Å². The first-order valence-corrected chi connectivity index (χ1v) is 9.57. The molecular weight excluding hydrogens is 422 g/mol. The number of aromatic nitrogens is 3. The van der Waals surface area contributed by atoms with Gasteiger partial charge in [0.25, 0.3) is 0 Å². The molecule has 0 aliphatic rings. The summed E-state index contributed by atoms with van der Waals surface area (Å²) in [5.41, 5.74) is 1.85. The van der Waals surface area contributed by atoms with Gasteiger partial charge in [-0.2, -0.15) is 0 Å². The average Bonchev–Trinajstić information content (AvgIpc) is 3.11. The van der Waals surface area contributed by atoms with Crippen LogP contribution in [-0.2, 0) is 17.9 Å². The molecule has 2 N–H and O–H groups in total. The van der Waals surface area contributed by atoms with Gasteiger partial charge in [0.05, 0.1) is 19.6 Å². The zero-order valence-electron chi connectivity index (χ0n) is 15.8. The Morgan fingerprint density at radius 1 is 1.14 bits per heavy atom. The van der Waals surface area contributed by atoms with E-state index in [0.29, 0.717) is 19.0 Å². The van der Waals surface area contributed by atoms with Gasteiger partial charge in [0.1, 0.15) is 0 Å². The predicted octanol–water partition coefficient (Wildman–Crippen LogP) is 1.82. The Bertz CT molecular complexity index is 966. The first-order chi connectivity index (χ1) is 13.5. The second-order valence-corrected chi connectivity index (χ2v) is 7.25. The van der Waals surface area contributed by atoms with Crippen LogP contribution in [-0.4, -0.2) is 52.0 Å². The Labute approximate surface area is 171 Å². The number of guanidine groups is 1. The molecule has 0 aliphatic heterocycles. The van der Waals surface area contributed by atoms with Gasteiger partial charge in [0.2, 0.25) is 5.91 Å². The Kier molecular flexibility index (Phi) is 6.59. The fourth-order valence-electron chi connectivity index (χ4n) is 2.43. The number of nitrogens with one attached hydrogen (secondary N) is 2. The molecule has 0 aliphatic carbocycles. The maximum atomic E-state index is 11.9. The van der Waals surface area contributed by atoms with Crippen LogP contribution in [0.1, 0.15) is 11.4 Å². The number of amides is 1. The van der Waals surface area contributed by atoms with Crippen molar-refractivity contribution in [1.82, 2.24) is 30.1 Å². The lowest BCUT2D eigenvalue weighted by molar-refractivity contribution is -0.127. The number of carbonyl (C=O) groups is 1.